The van der Waals surface area contributed by atoms with Gasteiger partial charge in [-0.15, -0.1) is 0 Å². The predicted molar refractivity (Wildman–Crippen MR) is 306 cm³/mol. The van der Waals surface area contributed by atoms with Gasteiger partial charge >= 0.3 is 11.9 Å². The van der Waals surface area contributed by atoms with E-state index in [1.54, 1.807) is 82.4 Å². The zero-order chi connectivity index (χ0) is 61.6. The third-order valence-electron chi connectivity index (χ3n) is 15.4. The zero-order valence-corrected chi connectivity index (χ0v) is 50.1. The van der Waals surface area contributed by atoms with Crippen LogP contribution in [0.15, 0.2) is 78.9 Å². The van der Waals surface area contributed by atoms with Crippen LogP contribution in [-0.4, -0.2) is 182 Å². The van der Waals surface area contributed by atoms with Crippen molar-refractivity contribution in [3.05, 3.63) is 101 Å². The molecule has 0 spiro atoms. The number of carbonyl (C=O) groups is 9. The number of nitrogens with one attached hydrogen (secondary N) is 1. The summed E-state index contributed by atoms with van der Waals surface area (Å²) in [6.07, 6.45) is 3.78. The molecule has 22 heteroatoms. The Hall–Kier alpha value is -7.88. The minimum Gasteiger partial charge on any atom is -0.493 e. The van der Waals surface area contributed by atoms with Crippen LogP contribution in [0.4, 0.5) is 4.39 Å². The molecule has 6 rings (SSSR count). The fraction of sp³-hybridized carbons (Fsp3) is 0.532. The monoisotopic (exact) mass is 1170 g/mol. The molecule has 0 aromatic heterocycles. The number of amides is 6. The summed E-state index contributed by atoms with van der Waals surface area (Å²) in [6.45, 7) is 8.88. The highest BCUT2D eigenvalue weighted by Gasteiger charge is 2.45. The van der Waals surface area contributed by atoms with Crippen LogP contribution in [0.1, 0.15) is 115 Å². The molecular formula is C62H81FN6O15. The maximum atomic E-state index is 15.6. The van der Waals surface area contributed by atoms with Crippen LogP contribution >= 0.6 is 0 Å². The molecule has 21 nitrogen and oxygen atoms in total. The van der Waals surface area contributed by atoms with E-state index < -0.39 is 114 Å². The van der Waals surface area contributed by atoms with Gasteiger partial charge < -0.3 is 58.2 Å². The molecule has 1 N–H and O–H groups in total. The molecule has 1 unspecified atom stereocenters. The van der Waals surface area contributed by atoms with Gasteiger partial charge in [0.25, 0.3) is 11.8 Å². The lowest BCUT2D eigenvalue weighted by atomic mass is 9.87. The maximum Gasteiger partial charge on any atom is 0.330 e. The lowest BCUT2D eigenvalue weighted by molar-refractivity contribution is -0.165. The van der Waals surface area contributed by atoms with E-state index in [2.05, 4.69) is 5.32 Å². The number of esters is 2. The molecule has 3 aliphatic rings. The molecule has 0 radical (unpaired) electrons. The van der Waals surface area contributed by atoms with Crippen molar-refractivity contribution in [3.63, 3.8) is 0 Å². The number of halogens is 1. The van der Waals surface area contributed by atoms with Crippen LogP contribution in [-0.2, 0) is 63.8 Å². The fourth-order valence-corrected chi connectivity index (χ4v) is 10.1. The summed E-state index contributed by atoms with van der Waals surface area (Å²) in [5, 5.41) is 2.81. The number of piperidine rings is 1. The summed E-state index contributed by atoms with van der Waals surface area (Å²) in [7, 11) is 7.20. The Kier molecular flexibility index (Phi) is 22.6. The molecule has 2 fully saturated rings. The van der Waals surface area contributed by atoms with Gasteiger partial charge in [-0.1, -0.05) is 48.5 Å². The number of aryl methyl sites for hydroxylation is 1. The second-order valence-electron chi connectivity index (χ2n) is 23.0. The van der Waals surface area contributed by atoms with Gasteiger partial charge in [-0.2, -0.15) is 0 Å². The Morgan fingerprint density at radius 3 is 2.10 bits per heavy atom. The number of Topliss-reactive ketones (excluding diaryl/α,β-unsaturated/α-hetero) is 1. The van der Waals surface area contributed by atoms with E-state index in [4.69, 9.17) is 28.4 Å². The largest absolute Gasteiger partial charge is 0.493 e. The van der Waals surface area contributed by atoms with Crippen LogP contribution in [0.3, 0.4) is 0 Å². The predicted octanol–water partition coefficient (Wildman–Crippen LogP) is 5.71. The second-order valence-corrected chi connectivity index (χ2v) is 23.0. The lowest BCUT2D eigenvalue weighted by Crippen LogP contribution is -2.58. The normalized spacial score (nSPS) is 23.7. The molecule has 3 aliphatic heterocycles. The molecule has 2 bridgehead atoms. The van der Waals surface area contributed by atoms with Gasteiger partial charge in [0.05, 0.1) is 31.8 Å². The van der Waals surface area contributed by atoms with Gasteiger partial charge in [0.2, 0.25) is 29.4 Å². The topological polar surface area (TPSA) is 237 Å². The Labute approximate surface area is 491 Å². The third-order valence-corrected chi connectivity index (χ3v) is 15.4. The van der Waals surface area contributed by atoms with Crippen molar-refractivity contribution >= 4 is 53.2 Å². The second kappa shape index (κ2) is 29.1. The van der Waals surface area contributed by atoms with Crippen LogP contribution in [0.5, 0.6) is 17.2 Å². The first kappa shape index (κ1) is 65.3. The number of nitrogens with zero attached hydrogens (tertiary/aromatic N) is 5. The van der Waals surface area contributed by atoms with E-state index in [1.165, 1.54) is 86.9 Å². The first-order chi connectivity index (χ1) is 39.8. The lowest BCUT2D eigenvalue weighted by Gasteiger charge is -2.37. The molecule has 0 aliphatic carbocycles. The van der Waals surface area contributed by atoms with Crippen molar-refractivity contribution in [2.24, 2.45) is 5.41 Å². The number of carbonyl (C=O) groups excluding carboxylic acids is 9. The summed E-state index contributed by atoms with van der Waals surface area (Å²) < 4.78 is 50.1. The quantitative estimate of drug-likeness (QED) is 0.210. The molecule has 6 atom stereocenters. The first-order valence-electron chi connectivity index (χ1n) is 28.4. The van der Waals surface area contributed by atoms with Crippen LogP contribution in [0.25, 0.3) is 0 Å². The number of likely N-dealkylation sites (N-methyl/N-ethyl adjacent to an activating group) is 3. The number of benzene rings is 3. The molecule has 3 aromatic carbocycles. The van der Waals surface area contributed by atoms with E-state index in [1.807, 2.05) is 0 Å². The SMILES string of the molecule is COc1cc(F)c(CC[C@H]2OC(=O)[C@@H]3CCCCN3C(=O)C(=O)C(C)(C)COC(=O)C=CCCN(C)C(=O)[C@@H]3CCCN3C(=O)[C@H](COC(C)(C)C)N(C)C(=O)C(c3ccccc3)NC(=O)[C@H](C)N(C)C(=O)COc3cccc2c3)cc1OC. The van der Waals surface area contributed by atoms with Crippen LogP contribution in [0, 0.1) is 11.2 Å². The number of ketones is 1. The van der Waals surface area contributed by atoms with E-state index in [0.717, 1.165) is 11.0 Å². The molecule has 3 aromatic rings. The zero-order valence-electron chi connectivity index (χ0n) is 50.1. The first-order valence-corrected chi connectivity index (χ1v) is 28.4. The number of cyclic esters (lactones) is 2. The van der Waals surface area contributed by atoms with E-state index >= 15 is 4.39 Å². The molecule has 3 heterocycles. The Balaban J connectivity index is 1.33. The van der Waals surface area contributed by atoms with Crippen molar-refractivity contribution in [1.82, 2.24) is 29.8 Å². The van der Waals surface area contributed by atoms with Gasteiger partial charge in [-0.05, 0) is 128 Å². The molecule has 6 amide bonds. The summed E-state index contributed by atoms with van der Waals surface area (Å²) in [6, 6.07) is 11.6. The molecule has 0 saturated carbocycles. The highest BCUT2D eigenvalue weighted by Crippen LogP contribution is 2.35. The van der Waals surface area contributed by atoms with Crippen molar-refractivity contribution in [1.29, 1.82) is 0 Å². The summed E-state index contributed by atoms with van der Waals surface area (Å²) in [5.41, 5.74) is -1.30. The van der Waals surface area contributed by atoms with Crippen molar-refractivity contribution in [2.45, 2.75) is 135 Å². The minimum atomic E-state index is -1.53. The number of hydrogen-bond donors (Lipinski definition) is 1. The Morgan fingerprint density at radius 2 is 1.40 bits per heavy atom. The van der Waals surface area contributed by atoms with Gasteiger partial charge in [-0.25, -0.2) is 14.0 Å². The van der Waals surface area contributed by atoms with Crippen molar-refractivity contribution in [2.75, 3.05) is 74.8 Å². The summed E-state index contributed by atoms with van der Waals surface area (Å²) >= 11 is 0. The molecular weight excluding hydrogens is 1090 g/mol. The van der Waals surface area contributed by atoms with E-state index in [-0.39, 0.29) is 80.6 Å². The smallest absolute Gasteiger partial charge is 0.330 e. The van der Waals surface area contributed by atoms with Crippen LogP contribution < -0.4 is 19.5 Å². The van der Waals surface area contributed by atoms with E-state index in [0.29, 0.717) is 36.8 Å². The maximum absolute atomic E-state index is 15.6. The van der Waals surface area contributed by atoms with Gasteiger partial charge in [0.15, 0.2) is 18.1 Å². The average Bonchev–Trinajstić information content (AvgIpc) is 3.69. The molecule has 84 heavy (non-hydrogen) atoms. The summed E-state index contributed by atoms with van der Waals surface area (Å²) in [5.74, 6) is -6.43. The van der Waals surface area contributed by atoms with Gasteiger partial charge in [0.1, 0.15) is 54.5 Å². The Morgan fingerprint density at radius 1 is 0.738 bits per heavy atom. The Bertz CT molecular complexity index is 2910. The van der Waals surface area contributed by atoms with Crippen molar-refractivity contribution < 1.29 is 76.0 Å². The fourth-order valence-electron chi connectivity index (χ4n) is 10.1. The molecule has 2 saturated heterocycles. The third kappa shape index (κ3) is 16.7. The standard InChI is InChI=1S/C62H81FN6O15/c1-39-55(73)64-53(40-21-13-12-14-22-40)58(76)67(9)47(36-83-61(2,3)4)57(75)68-32-20-26-45(68)56(74)65(7)30-17-16-27-52(71)82-38-62(5,6)54(72)59(77)69-31-18-15-25-46(69)60(78)84-48(29-28-41-34-49(79-10)50(80-11)35-44(41)63)42-23-19-24-43(33-42)81-37-51(70)66(39)8/h12-14,16,19,21-24,27,33-35,39,45-48,53H,15,17-18,20,25-26,28-32,36-38H2,1-11H3,(H,64,73)/t39-,45-,46-,47-,48+,53?/m0/s1. The number of ether oxygens (including phenoxy) is 6. The minimum absolute atomic E-state index is 0.00000335. The van der Waals surface area contributed by atoms with Gasteiger partial charge in [-0.3, -0.25) is 33.6 Å². The number of hydrogen-bond acceptors (Lipinski definition) is 15. The number of methoxy groups -OCH3 is 2. The van der Waals surface area contributed by atoms with Gasteiger partial charge in [0, 0.05) is 52.9 Å². The number of fused-ring (bicyclic) bond motifs is 4. The number of rotatable bonds is 8. The highest BCUT2D eigenvalue weighted by atomic mass is 19.1. The van der Waals surface area contributed by atoms with E-state index in [9.17, 15) is 43.2 Å². The van der Waals surface area contributed by atoms with Crippen molar-refractivity contribution in [3.8, 4) is 17.2 Å². The average molecular weight is 1170 g/mol. The summed E-state index contributed by atoms with van der Waals surface area (Å²) in [4.78, 5) is 134. The highest BCUT2D eigenvalue weighted by molar-refractivity contribution is 6.38. The molecule has 456 valence electrons. The van der Waals surface area contributed by atoms with Crippen LogP contribution in [0.2, 0.25) is 0 Å².